The fraction of sp³-hybridized carbons (Fsp3) is 0.467. The summed E-state index contributed by atoms with van der Waals surface area (Å²) in [5.41, 5.74) is 2.06. The van der Waals surface area contributed by atoms with Crippen molar-refractivity contribution >= 4 is 16.9 Å². The molecular formula is C15H20N4O2. The monoisotopic (exact) mass is 288 g/mol. The van der Waals surface area contributed by atoms with E-state index < -0.39 is 6.10 Å². The summed E-state index contributed by atoms with van der Waals surface area (Å²) in [4.78, 5) is 16.5. The fourth-order valence-electron chi connectivity index (χ4n) is 2.81. The van der Waals surface area contributed by atoms with E-state index in [1.807, 2.05) is 31.2 Å². The lowest BCUT2D eigenvalue weighted by Crippen LogP contribution is -2.41. The molecular weight excluding hydrogens is 268 g/mol. The molecule has 0 bridgehead atoms. The van der Waals surface area contributed by atoms with Gasteiger partial charge in [0.15, 0.2) is 0 Å². The first kappa shape index (κ1) is 14.0. The van der Waals surface area contributed by atoms with Crippen LogP contribution in [0.5, 0.6) is 0 Å². The largest absolute Gasteiger partial charge is 0.392 e. The van der Waals surface area contributed by atoms with E-state index in [9.17, 15) is 9.90 Å². The Bertz CT molecular complexity index is 652. The summed E-state index contributed by atoms with van der Waals surface area (Å²) in [7, 11) is 0. The van der Waals surface area contributed by atoms with Gasteiger partial charge in [-0.2, -0.15) is 0 Å². The predicted molar refractivity (Wildman–Crippen MR) is 79.9 cm³/mol. The number of para-hydroxylation sites is 2. The maximum absolute atomic E-state index is 12.0. The molecule has 3 N–H and O–H groups in total. The van der Waals surface area contributed by atoms with Gasteiger partial charge in [-0.1, -0.05) is 12.1 Å². The molecule has 2 heterocycles. The Kier molecular flexibility index (Phi) is 3.90. The Morgan fingerprint density at radius 2 is 2.33 bits per heavy atom. The van der Waals surface area contributed by atoms with Gasteiger partial charge in [-0.05, 0) is 25.5 Å². The van der Waals surface area contributed by atoms with Gasteiger partial charge >= 0.3 is 0 Å². The van der Waals surface area contributed by atoms with Crippen molar-refractivity contribution in [2.24, 2.45) is 0 Å². The van der Waals surface area contributed by atoms with E-state index in [4.69, 9.17) is 0 Å². The molecule has 1 aromatic heterocycles. The molecule has 0 aliphatic carbocycles. The lowest BCUT2D eigenvalue weighted by Gasteiger charge is -2.12. The van der Waals surface area contributed by atoms with Crippen LogP contribution in [0.2, 0.25) is 0 Å². The van der Waals surface area contributed by atoms with Crippen LogP contribution in [-0.4, -0.2) is 45.8 Å². The van der Waals surface area contributed by atoms with Crippen LogP contribution in [0, 0.1) is 6.92 Å². The second-order valence-corrected chi connectivity index (χ2v) is 5.44. The quantitative estimate of drug-likeness (QED) is 0.750. The fourth-order valence-corrected chi connectivity index (χ4v) is 2.81. The number of rotatable bonds is 4. The SMILES string of the molecule is Cc1nc2ccccc2n1CCNC(=O)[C@H]1C[C@H](O)CN1. The number of carbonyl (C=O) groups is 1. The highest BCUT2D eigenvalue weighted by molar-refractivity contribution is 5.82. The normalized spacial score (nSPS) is 21.8. The Labute approximate surface area is 123 Å². The molecule has 3 rings (SSSR count). The van der Waals surface area contributed by atoms with Crippen molar-refractivity contribution < 1.29 is 9.90 Å². The summed E-state index contributed by atoms with van der Waals surface area (Å²) < 4.78 is 2.10. The van der Waals surface area contributed by atoms with E-state index >= 15 is 0 Å². The van der Waals surface area contributed by atoms with Crippen LogP contribution in [0.3, 0.4) is 0 Å². The third-order valence-corrected chi connectivity index (χ3v) is 3.90. The third kappa shape index (κ3) is 2.91. The first-order chi connectivity index (χ1) is 10.1. The van der Waals surface area contributed by atoms with Crippen LogP contribution in [0.25, 0.3) is 11.0 Å². The molecule has 0 saturated carbocycles. The molecule has 6 nitrogen and oxygen atoms in total. The molecule has 2 atom stereocenters. The van der Waals surface area contributed by atoms with Crippen LogP contribution in [-0.2, 0) is 11.3 Å². The third-order valence-electron chi connectivity index (χ3n) is 3.90. The lowest BCUT2D eigenvalue weighted by molar-refractivity contribution is -0.122. The molecule has 1 fully saturated rings. The summed E-state index contributed by atoms with van der Waals surface area (Å²) in [5, 5.41) is 15.3. The number of fused-ring (bicyclic) bond motifs is 1. The molecule has 1 saturated heterocycles. The molecule has 1 amide bonds. The molecule has 0 radical (unpaired) electrons. The second-order valence-electron chi connectivity index (χ2n) is 5.44. The Morgan fingerprint density at radius 1 is 1.52 bits per heavy atom. The number of aliphatic hydroxyl groups is 1. The van der Waals surface area contributed by atoms with Crippen molar-refractivity contribution in [3.05, 3.63) is 30.1 Å². The Balaban J connectivity index is 1.59. The van der Waals surface area contributed by atoms with E-state index in [1.54, 1.807) is 0 Å². The average molecular weight is 288 g/mol. The van der Waals surface area contributed by atoms with Gasteiger partial charge in [0, 0.05) is 19.6 Å². The molecule has 1 aromatic carbocycles. The average Bonchev–Trinajstić information content (AvgIpc) is 3.03. The maximum atomic E-state index is 12.0. The molecule has 0 spiro atoms. The Hall–Kier alpha value is -1.92. The van der Waals surface area contributed by atoms with E-state index in [2.05, 4.69) is 20.2 Å². The number of hydrogen-bond acceptors (Lipinski definition) is 4. The van der Waals surface area contributed by atoms with Crippen molar-refractivity contribution in [1.82, 2.24) is 20.2 Å². The summed E-state index contributed by atoms with van der Waals surface area (Å²) in [6, 6.07) is 7.70. The van der Waals surface area contributed by atoms with E-state index in [-0.39, 0.29) is 11.9 Å². The zero-order valence-electron chi connectivity index (χ0n) is 12.0. The molecule has 112 valence electrons. The van der Waals surface area contributed by atoms with E-state index in [0.29, 0.717) is 26.1 Å². The molecule has 21 heavy (non-hydrogen) atoms. The topological polar surface area (TPSA) is 79.2 Å². The number of aliphatic hydroxyl groups excluding tert-OH is 1. The Morgan fingerprint density at radius 3 is 3.10 bits per heavy atom. The second kappa shape index (κ2) is 5.83. The van der Waals surface area contributed by atoms with Gasteiger partial charge in [0.2, 0.25) is 5.91 Å². The summed E-state index contributed by atoms with van der Waals surface area (Å²) in [5.74, 6) is 0.897. The highest BCUT2D eigenvalue weighted by Crippen LogP contribution is 2.14. The number of carbonyl (C=O) groups excluding carboxylic acids is 1. The molecule has 1 aliphatic heterocycles. The number of imidazole rings is 1. The minimum absolute atomic E-state index is 0.0476. The standard InChI is InChI=1S/C15H20N4O2/c1-10-18-12-4-2-3-5-14(12)19(10)7-6-16-15(21)13-8-11(20)9-17-13/h2-5,11,13,17,20H,6-9H2,1H3,(H,16,21)/t11-,13+/m0/s1. The summed E-state index contributed by atoms with van der Waals surface area (Å²) in [6.07, 6.45) is 0.0689. The number of benzene rings is 1. The van der Waals surface area contributed by atoms with E-state index in [0.717, 1.165) is 16.9 Å². The van der Waals surface area contributed by atoms with Crippen LogP contribution in [0.4, 0.5) is 0 Å². The van der Waals surface area contributed by atoms with Gasteiger partial charge in [-0.15, -0.1) is 0 Å². The smallest absolute Gasteiger partial charge is 0.237 e. The number of nitrogens with zero attached hydrogens (tertiary/aromatic N) is 2. The number of aryl methyl sites for hydroxylation is 1. The highest BCUT2D eigenvalue weighted by Gasteiger charge is 2.27. The van der Waals surface area contributed by atoms with Crippen molar-refractivity contribution in [2.75, 3.05) is 13.1 Å². The number of hydrogen-bond donors (Lipinski definition) is 3. The first-order valence-electron chi connectivity index (χ1n) is 7.26. The van der Waals surface area contributed by atoms with Gasteiger partial charge in [0.25, 0.3) is 0 Å². The number of amides is 1. The van der Waals surface area contributed by atoms with E-state index in [1.165, 1.54) is 0 Å². The van der Waals surface area contributed by atoms with Crippen LogP contribution in [0.15, 0.2) is 24.3 Å². The zero-order chi connectivity index (χ0) is 14.8. The van der Waals surface area contributed by atoms with Gasteiger partial charge in [0.1, 0.15) is 5.82 Å². The minimum Gasteiger partial charge on any atom is -0.392 e. The van der Waals surface area contributed by atoms with Crippen LogP contribution < -0.4 is 10.6 Å². The van der Waals surface area contributed by atoms with Gasteiger partial charge in [-0.3, -0.25) is 4.79 Å². The predicted octanol–water partition coefficient (Wildman–Crippen LogP) is 0.184. The number of nitrogens with one attached hydrogen (secondary N) is 2. The molecule has 6 heteroatoms. The lowest BCUT2D eigenvalue weighted by atomic mass is 10.2. The maximum Gasteiger partial charge on any atom is 0.237 e. The molecule has 1 aliphatic rings. The van der Waals surface area contributed by atoms with Crippen LogP contribution in [0.1, 0.15) is 12.2 Å². The van der Waals surface area contributed by atoms with Gasteiger partial charge in [-0.25, -0.2) is 4.98 Å². The highest BCUT2D eigenvalue weighted by atomic mass is 16.3. The van der Waals surface area contributed by atoms with Crippen molar-refractivity contribution in [2.45, 2.75) is 32.0 Å². The molecule has 2 aromatic rings. The minimum atomic E-state index is -0.416. The van der Waals surface area contributed by atoms with Crippen LogP contribution >= 0.6 is 0 Å². The van der Waals surface area contributed by atoms with Crippen molar-refractivity contribution in [3.8, 4) is 0 Å². The van der Waals surface area contributed by atoms with Crippen molar-refractivity contribution in [3.63, 3.8) is 0 Å². The first-order valence-corrected chi connectivity index (χ1v) is 7.26. The molecule has 0 unspecified atom stereocenters. The van der Waals surface area contributed by atoms with Crippen molar-refractivity contribution in [1.29, 1.82) is 0 Å². The van der Waals surface area contributed by atoms with Gasteiger partial charge < -0.3 is 20.3 Å². The zero-order valence-corrected chi connectivity index (χ0v) is 12.0. The van der Waals surface area contributed by atoms with Gasteiger partial charge in [0.05, 0.1) is 23.2 Å². The summed E-state index contributed by atoms with van der Waals surface area (Å²) >= 11 is 0. The number of β-amino-alcohol motifs (C(OH)–C–C–N with tert-alkyl or cyclic N) is 1. The summed E-state index contributed by atoms with van der Waals surface area (Å²) in [6.45, 7) is 3.70. The number of aromatic nitrogens is 2.